The highest BCUT2D eigenvalue weighted by Crippen LogP contribution is 2.36. The van der Waals surface area contributed by atoms with E-state index in [1.807, 2.05) is 6.08 Å². The summed E-state index contributed by atoms with van der Waals surface area (Å²) in [7, 11) is 3.56. The third-order valence-corrected chi connectivity index (χ3v) is 5.17. The third kappa shape index (κ3) is 7.41. The highest BCUT2D eigenvalue weighted by Gasteiger charge is 2.33. The number of azo groups is 2. The van der Waals surface area contributed by atoms with Crippen LogP contribution >= 0.6 is 0 Å². The van der Waals surface area contributed by atoms with Crippen LogP contribution in [-0.4, -0.2) is 51.3 Å². The Morgan fingerprint density at radius 1 is 1.36 bits per heavy atom. The fraction of sp³-hybridized carbons (Fsp3) is 0.810. The average molecular weight is 352 g/mol. The lowest BCUT2D eigenvalue weighted by atomic mass is 9.75. The van der Waals surface area contributed by atoms with Gasteiger partial charge in [0, 0.05) is 32.5 Å². The second kappa shape index (κ2) is 12.4. The molecule has 144 valence electrons. The van der Waals surface area contributed by atoms with Gasteiger partial charge in [0.05, 0.1) is 13.2 Å². The van der Waals surface area contributed by atoms with E-state index < -0.39 is 0 Å². The molecule has 4 heteroatoms. The zero-order chi connectivity index (χ0) is 18.7. The normalized spacial score (nSPS) is 21.1. The van der Waals surface area contributed by atoms with E-state index in [1.165, 1.54) is 19.3 Å². The van der Waals surface area contributed by atoms with Crippen LogP contribution in [0.3, 0.4) is 0 Å². The van der Waals surface area contributed by atoms with Gasteiger partial charge in [0.2, 0.25) is 0 Å². The number of ether oxygens (including phenoxy) is 2. The molecule has 0 N–H and O–H groups in total. The second-order valence-corrected chi connectivity index (χ2v) is 7.34. The van der Waals surface area contributed by atoms with E-state index in [4.69, 9.17) is 14.6 Å². The third-order valence-electron chi connectivity index (χ3n) is 5.17. The van der Waals surface area contributed by atoms with Crippen molar-refractivity contribution >= 4 is 0 Å². The zero-order valence-corrected chi connectivity index (χ0v) is 17.0. The minimum Gasteiger partial charge on any atom is -0.384 e. The van der Waals surface area contributed by atoms with Crippen molar-refractivity contribution in [3.63, 3.8) is 0 Å². The summed E-state index contributed by atoms with van der Waals surface area (Å²) in [6.07, 6.45) is 9.03. The van der Waals surface area contributed by atoms with Crippen LogP contribution in [0.15, 0.2) is 29.4 Å². The van der Waals surface area contributed by atoms with Crippen molar-refractivity contribution in [3.05, 3.63) is 24.3 Å². The molecule has 0 saturated heterocycles. The SMILES string of the molecule is C=CCC[N+](CC)=NC(C)[C@@H](C1=CCCC(C)C1)C(COC)COC. The molecule has 0 saturated carbocycles. The lowest BCUT2D eigenvalue weighted by molar-refractivity contribution is -0.593. The molecule has 0 aromatic rings. The molecule has 1 aliphatic rings. The van der Waals surface area contributed by atoms with Gasteiger partial charge in [-0.2, -0.15) is 0 Å². The number of methoxy groups -OCH3 is 2. The molecular formula is C21H39N2O2+. The van der Waals surface area contributed by atoms with Crippen molar-refractivity contribution < 1.29 is 14.2 Å². The van der Waals surface area contributed by atoms with E-state index in [2.05, 4.69) is 38.1 Å². The van der Waals surface area contributed by atoms with Crippen LogP contribution in [0.5, 0.6) is 0 Å². The van der Waals surface area contributed by atoms with Gasteiger partial charge in [-0.25, -0.2) is 0 Å². The van der Waals surface area contributed by atoms with Crippen molar-refractivity contribution in [2.24, 2.45) is 22.9 Å². The van der Waals surface area contributed by atoms with Gasteiger partial charge in [-0.3, -0.25) is 0 Å². The fourth-order valence-electron chi connectivity index (χ4n) is 3.97. The molecule has 0 radical (unpaired) electrons. The van der Waals surface area contributed by atoms with Gasteiger partial charge in [-0.05, 0) is 44.1 Å². The molecule has 0 spiro atoms. The molecule has 0 aromatic carbocycles. The molecule has 0 bridgehead atoms. The molecule has 0 amide bonds. The Bertz CT molecular complexity index is 439. The minimum absolute atomic E-state index is 0.219. The fourth-order valence-corrected chi connectivity index (χ4v) is 3.97. The van der Waals surface area contributed by atoms with Gasteiger partial charge >= 0.3 is 0 Å². The quantitative estimate of drug-likeness (QED) is 0.290. The first-order valence-electron chi connectivity index (χ1n) is 9.80. The predicted octanol–water partition coefficient (Wildman–Crippen LogP) is 4.71. The average Bonchev–Trinajstić information content (AvgIpc) is 2.59. The smallest absolute Gasteiger partial charge is 0.171 e. The highest BCUT2D eigenvalue weighted by molar-refractivity contribution is 5.14. The lowest BCUT2D eigenvalue weighted by Crippen LogP contribution is -2.34. The van der Waals surface area contributed by atoms with Gasteiger partial charge in [-0.1, -0.05) is 24.6 Å². The largest absolute Gasteiger partial charge is 0.384 e. The van der Waals surface area contributed by atoms with Gasteiger partial charge < -0.3 is 9.47 Å². The Balaban J connectivity index is 3.08. The number of allylic oxidation sites excluding steroid dienone is 1. The molecule has 0 fully saturated rings. The molecule has 1 aliphatic carbocycles. The van der Waals surface area contributed by atoms with E-state index in [1.54, 1.807) is 19.8 Å². The summed E-state index contributed by atoms with van der Waals surface area (Å²) in [6.45, 7) is 13.9. The molecule has 4 nitrogen and oxygen atoms in total. The lowest BCUT2D eigenvalue weighted by Gasteiger charge is -2.33. The summed E-state index contributed by atoms with van der Waals surface area (Å²) in [5.41, 5.74) is 1.55. The molecule has 2 unspecified atom stereocenters. The van der Waals surface area contributed by atoms with E-state index in [9.17, 15) is 0 Å². The summed E-state index contributed by atoms with van der Waals surface area (Å²) in [4.78, 5) is 0. The van der Waals surface area contributed by atoms with Crippen molar-refractivity contribution in [2.45, 2.75) is 52.5 Å². The van der Waals surface area contributed by atoms with Gasteiger partial charge in [0.25, 0.3) is 0 Å². The summed E-state index contributed by atoms with van der Waals surface area (Å²) in [6, 6.07) is 0.219. The number of nitrogens with zero attached hydrogens (tertiary/aromatic N) is 2. The molecule has 3 atom stereocenters. The summed E-state index contributed by atoms with van der Waals surface area (Å²) >= 11 is 0. The summed E-state index contributed by atoms with van der Waals surface area (Å²) in [5.74, 6) is 1.47. The minimum atomic E-state index is 0.219. The van der Waals surface area contributed by atoms with Crippen molar-refractivity contribution in [3.8, 4) is 0 Å². The van der Waals surface area contributed by atoms with E-state index in [-0.39, 0.29) is 6.04 Å². The highest BCUT2D eigenvalue weighted by atomic mass is 16.5. The van der Waals surface area contributed by atoms with Crippen LogP contribution < -0.4 is 0 Å². The molecule has 0 heterocycles. The molecule has 25 heavy (non-hydrogen) atoms. The van der Waals surface area contributed by atoms with E-state index in [0.29, 0.717) is 25.0 Å². The maximum Gasteiger partial charge on any atom is 0.171 e. The first-order chi connectivity index (χ1) is 12.1. The zero-order valence-electron chi connectivity index (χ0n) is 17.0. The summed E-state index contributed by atoms with van der Waals surface area (Å²) < 4.78 is 13.2. The van der Waals surface area contributed by atoms with Crippen LogP contribution in [0, 0.1) is 17.8 Å². The van der Waals surface area contributed by atoms with Gasteiger partial charge in [-0.15, -0.1) is 11.3 Å². The van der Waals surface area contributed by atoms with Gasteiger partial charge in [0.1, 0.15) is 6.04 Å². The van der Waals surface area contributed by atoms with Crippen molar-refractivity contribution in [2.75, 3.05) is 40.5 Å². The number of hydrogen-bond donors (Lipinski definition) is 0. The number of hydrogen-bond acceptors (Lipinski definition) is 3. The van der Waals surface area contributed by atoms with Crippen LogP contribution in [0.25, 0.3) is 0 Å². The standard InChI is InChI=1S/C21H39N2O2/c1-7-9-13-23(8-2)22-18(4)21(20(15-24-5)16-25-6)19-12-10-11-17(3)14-19/h7,12,17-18,20-21H,1,8-11,13-16H2,2-6H3/q+1/t17?,18?,21-/m0/s1. The Labute approximate surface area is 155 Å². The maximum atomic E-state index is 5.53. The predicted molar refractivity (Wildman–Crippen MR) is 104 cm³/mol. The Morgan fingerprint density at radius 2 is 2.04 bits per heavy atom. The first kappa shape index (κ1) is 22.0. The monoisotopic (exact) mass is 351 g/mol. The van der Waals surface area contributed by atoms with E-state index >= 15 is 0 Å². The van der Waals surface area contributed by atoms with Crippen LogP contribution in [0.2, 0.25) is 0 Å². The van der Waals surface area contributed by atoms with Crippen LogP contribution in [0.1, 0.15) is 46.5 Å². The molecule has 0 aromatic heterocycles. The second-order valence-electron chi connectivity index (χ2n) is 7.34. The molecule has 1 rings (SSSR count). The Kier molecular flexibility index (Phi) is 10.9. The number of rotatable bonds is 12. The van der Waals surface area contributed by atoms with Crippen LogP contribution in [-0.2, 0) is 9.47 Å². The Hall–Kier alpha value is -1.00. The van der Waals surface area contributed by atoms with E-state index in [0.717, 1.165) is 25.4 Å². The topological polar surface area (TPSA) is 33.8 Å². The molecule has 0 aliphatic heterocycles. The maximum absolute atomic E-state index is 5.53. The van der Waals surface area contributed by atoms with Gasteiger partial charge in [0.15, 0.2) is 13.1 Å². The van der Waals surface area contributed by atoms with Crippen molar-refractivity contribution in [1.82, 2.24) is 0 Å². The summed E-state index contributed by atoms with van der Waals surface area (Å²) in [5, 5.41) is 5.05. The molecular weight excluding hydrogens is 312 g/mol. The first-order valence-corrected chi connectivity index (χ1v) is 9.80. The van der Waals surface area contributed by atoms with Crippen LogP contribution in [0.4, 0.5) is 0 Å². The van der Waals surface area contributed by atoms with Crippen molar-refractivity contribution in [1.29, 1.82) is 0 Å². The Morgan fingerprint density at radius 3 is 2.56 bits per heavy atom.